The van der Waals surface area contributed by atoms with Crippen LogP contribution in [-0.4, -0.2) is 45.6 Å². The lowest BCUT2D eigenvalue weighted by Crippen LogP contribution is -2.34. The Balaban J connectivity index is 1.93. The van der Waals surface area contributed by atoms with Crippen molar-refractivity contribution in [3.05, 3.63) is 47.7 Å². The van der Waals surface area contributed by atoms with Crippen LogP contribution >= 0.6 is 11.6 Å². The SMILES string of the molecule is CC(=O)N(C)C[C@@H](C)Oc1cccc2ncnc(Nc3ccc(O)c(Cl)c3)c12. The maximum absolute atomic E-state index is 11.5. The Bertz CT molecular complexity index is 1010. The van der Waals surface area contributed by atoms with E-state index in [1.54, 1.807) is 24.1 Å². The zero-order valence-corrected chi connectivity index (χ0v) is 16.6. The van der Waals surface area contributed by atoms with Gasteiger partial charge in [-0.2, -0.15) is 0 Å². The molecule has 3 aromatic rings. The van der Waals surface area contributed by atoms with E-state index in [2.05, 4.69) is 15.3 Å². The first-order valence-electron chi connectivity index (χ1n) is 8.72. The lowest BCUT2D eigenvalue weighted by atomic mass is 10.2. The molecule has 0 saturated heterocycles. The fourth-order valence-corrected chi connectivity index (χ4v) is 2.94. The van der Waals surface area contributed by atoms with Crippen LogP contribution in [0.3, 0.4) is 0 Å². The Morgan fingerprint density at radius 2 is 2.11 bits per heavy atom. The first-order valence-corrected chi connectivity index (χ1v) is 9.10. The van der Waals surface area contributed by atoms with E-state index in [4.69, 9.17) is 16.3 Å². The highest BCUT2D eigenvalue weighted by Gasteiger charge is 2.15. The van der Waals surface area contributed by atoms with Crippen molar-refractivity contribution in [1.29, 1.82) is 0 Å². The van der Waals surface area contributed by atoms with Crippen LogP contribution in [0.1, 0.15) is 13.8 Å². The summed E-state index contributed by atoms with van der Waals surface area (Å²) in [6.07, 6.45) is 1.24. The number of hydrogen-bond donors (Lipinski definition) is 2. The molecular formula is C20H21ClN4O3. The number of hydrogen-bond acceptors (Lipinski definition) is 6. The number of phenols is 1. The lowest BCUT2D eigenvalue weighted by Gasteiger charge is -2.22. The van der Waals surface area contributed by atoms with Crippen LogP contribution in [0, 0.1) is 0 Å². The van der Waals surface area contributed by atoms with Crippen molar-refractivity contribution in [2.45, 2.75) is 20.0 Å². The van der Waals surface area contributed by atoms with Crippen LogP contribution in [0.15, 0.2) is 42.7 Å². The number of likely N-dealkylation sites (N-methyl/N-ethyl adjacent to an activating group) is 1. The highest BCUT2D eigenvalue weighted by atomic mass is 35.5. The van der Waals surface area contributed by atoms with E-state index in [0.29, 0.717) is 34.7 Å². The number of amides is 1. The van der Waals surface area contributed by atoms with Gasteiger partial charge in [0.05, 0.1) is 22.5 Å². The van der Waals surface area contributed by atoms with E-state index in [1.807, 2.05) is 25.1 Å². The number of phenolic OH excluding ortho intramolecular Hbond substituents is 1. The molecule has 2 aromatic carbocycles. The first kappa shape index (κ1) is 19.7. The van der Waals surface area contributed by atoms with Crippen molar-refractivity contribution in [3.63, 3.8) is 0 Å². The molecule has 1 amide bonds. The molecule has 28 heavy (non-hydrogen) atoms. The average molecular weight is 401 g/mol. The number of aromatic hydroxyl groups is 1. The van der Waals surface area contributed by atoms with Crippen LogP contribution in [0.4, 0.5) is 11.5 Å². The zero-order chi connectivity index (χ0) is 20.3. The van der Waals surface area contributed by atoms with Crippen LogP contribution in [0.2, 0.25) is 5.02 Å². The summed E-state index contributed by atoms with van der Waals surface area (Å²) in [5, 5.41) is 13.8. The Hall–Kier alpha value is -3.06. The molecule has 0 bridgehead atoms. The number of carbonyl (C=O) groups excluding carboxylic acids is 1. The second-order valence-electron chi connectivity index (χ2n) is 6.49. The van der Waals surface area contributed by atoms with Gasteiger partial charge in [-0.3, -0.25) is 4.79 Å². The molecule has 1 atom stereocenters. The Morgan fingerprint density at radius 1 is 1.32 bits per heavy atom. The molecule has 8 heteroatoms. The summed E-state index contributed by atoms with van der Waals surface area (Å²) in [7, 11) is 1.73. The Morgan fingerprint density at radius 3 is 2.82 bits per heavy atom. The zero-order valence-electron chi connectivity index (χ0n) is 15.8. The van der Waals surface area contributed by atoms with E-state index >= 15 is 0 Å². The molecule has 0 fully saturated rings. The van der Waals surface area contributed by atoms with Crippen molar-refractivity contribution in [2.75, 3.05) is 18.9 Å². The number of carbonyl (C=O) groups is 1. The molecular weight excluding hydrogens is 380 g/mol. The number of nitrogens with zero attached hydrogens (tertiary/aromatic N) is 3. The number of aromatic nitrogens is 2. The van der Waals surface area contributed by atoms with Crippen LogP contribution < -0.4 is 10.1 Å². The third-order valence-corrected chi connectivity index (χ3v) is 4.53. The average Bonchev–Trinajstić information content (AvgIpc) is 2.65. The molecule has 1 heterocycles. The predicted molar refractivity (Wildman–Crippen MR) is 109 cm³/mol. The largest absolute Gasteiger partial charge is 0.506 e. The summed E-state index contributed by atoms with van der Waals surface area (Å²) in [6, 6.07) is 10.4. The molecule has 146 valence electrons. The van der Waals surface area contributed by atoms with E-state index in [1.165, 1.54) is 19.3 Å². The van der Waals surface area contributed by atoms with Gasteiger partial charge in [0.2, 0.25) is 5.91 Å². The van der Waals surface area contributed by atoms with Crippen molar-refractivity contribution >= 4 is 39.9 Å². The topological polar surface area (TPSA) is 87.6 Å². The number of benzene rings is 2. The molecule has 3 rings (SSSR count). The van der Waals surface area contributed by atoms with Crippen molar-refractivity contribution in [2.24, 2.45) is 0 Å². The van der Waals surface area contributed by atoms with Gasteiger partial charge in [-0.1, -0.05) is 17.7 Å². The summed E-state index contributed by atoms with van der Waals surface area (Å²) in [4.78, 5) is 21.7. The monoisotopic (exact) mass is 400 g/mol. The molecule has 0 saturated carbocycles. The van der Waals surface area contributed by atoms with Crippen LogP contribution in [-0.2, 0) is 4.79 Å². The highest BCUT2D eigenvalue weighted by molar-refractivity contribution is 6.32. The van der Waals surface area contributed by atoms with Crippen molar-refractivity contribution in [3.8, 4) is 11.5 Å². The van der Waals surface area contributed by atoms with Crippen LogP contribution in [0.5, 0.6) is 11.5 Å². The second kappa shape index (κ2) is 8.31. The highest BCUT2D eigenvalue weighted by Crippen LogP contribution is 2.33. The number of ether oxygens (including phenoxy) is 1. The molecule has 2 N–H and O–H groups in total. The molecule has 0 radical (unpaired) electrons. The Kier molecular flexibility index (Phi) is 5.84. The van der Waals surface area contributed by atoms with Gasteiger partial charge in [0.25, 0.3) is 0 Å². The first-order chi connectivity index (χ1) is 13.3. The quantitative estimate of drug-likeness (QED) is 0.608. The standard InChI is InChI=1S/C20H21ClN4O3/c1-12(10-25(3)13(2)26)28-18-6-4-5-16-19(18)20(23-11-22-16)24-14-7-8-17(27)15(21)9-14/h4-9,11-12,27H,10H2,1-3H3,(H,22,23,24)/t12-/m1/s1. The minimum atomic E-state index is -0.226. The van der Waals surface area contributed by atoms with Gasteiger partial charge in [0.1, 0.15) is 29.7 Å². The number of rotatable bonds is 6. The fourth-order valence-electron chi connectivity index (χ4n) is 2.76. The van der Waals surface area contributed by atoms with Crippen LogP contribution in [0.25, 0.3) is 10.9 Å². The third-order valence-electron chi connectivity index (χ3n) is 4.23. The minimum absolute atomic E-state index is 0.00667. The lowest BCUT2D eigenvalue weighted by molar-refractivity contribution is -0.128. The van der Waals surface area contributed by atoms with Gasteiger partial charge in [-0.25, -0.2) is 9.97 Å². The molecule has 0 aliphatic carbocycles. The number of nitrogens with one attached hydrogen (secondary N) is 1. The normalized spacial score (nSPS) is 11.9. The molecule has 0 spiro atoms. The van der Waals surface area contributed by atoms with Crippen molar-refractivity contribution < 1.29 is 14.6 Å². The van der Waals surface area contributed by atoms with Gasteiger partial charge in [0.15, 0.2) is 0 Å². The van der Waals surface area contributed by atoms with Gasteiger partial charge in [-0.05, 0) is 37.3 Å². The Labute approximate surface area is 167 Å². The number of halogens is 1. The maximum Gasteiger partial charge on any atom is 0.219 e. The summed E-state index contributed by atoms with van der Waals surface area (Å²) in [5.41, 5.74) is 1.38. The molecule has 1 aromatic heterocycles. The van der Waals surface area contributed by atoms with E-state index in [0.717, 1.165) is 0 Å². The minimum Gasteiger partial charge on any atom is -0.506 e. The van der Waals surface area contributed by atoms with E-state index in [-0.39, 0.29) is 22.8 Å². The number of anilines is 2. The van der Waals surface area contributed by atoms with Gasteiger partial charge in [0, 0.05) is 19.7 Å². The third kappa shape index (κ3) is 4.43. The van der Waals surface area contributed by atoms with Gasteiger partial charge >= 0.3 is 0 Å². The molecule has 0 aliphatic rings. The maximum atomic E-state index is 11.5. The predicted octanol–water partition coefficient (Wildman–Crippen LogP) is 3.98. The summed E-state index contributed by atoms with van der Waals surface area (Å²) < 4.78 is 6.09. The molecule has 7 nitrogen and oxygen atoms in total. The van der Waals surface area contributed by atoms with Gasteiger partial charge in [-0.15, -0.1) is 0 Å². The molecule has 0 aliphatic heterocycles. The molecule has 0 unspecified atom stereocenters. The summed E-state index contributed by atoms with van der Waals surface area (Å²) in [5.74, 6) is 1.14. The van der Waals surface area contributed by atoms with Gasteiger partial charge < -0.3 is 20.1 Å². The van der Waals surface area contributed by atoms with E-state index < -0.39 is 0 Å². The summed E-state index contributed by atoms with van der Waals surface area (Å²) >= 11 is 5.99. The summed E-state index contributed by atoms with van der Waals surface area (Å²) in [6.45, 7) is 3.87. The second-order valence-corrected chi connectivity index (χ2v) is 6.90. The van der Waals surface area contributed by atoms with Crippen molar-refractivity contribution in [1.82, 2.24) is 14.9 Å². The van der Waals surface area contributed by atoms with E-state index in [9.17, 15) is 9.90 Å². The smallest absolute Gasteiger partial charge is 0.219 e. The number of fused-ring (bicyclic) bond motifs is 1. The fraction of sp³-hybridized carbons (Fsp3) is 0.250.